The van der Waals surface area contributed by atoms with Crippen LogP contribution in [0.25, 0.3) is 0 Å². The van der Waals surface area contributed by atoms with Gasteiger partial charge in [0, 0.05) is 25.0 Å². The molecule has 0 bridgehead atoms. The lowest BCUT2D eigenvalue weighted by atomic mass is 10.1. The Labute approximate surface area is 89.9 Å². The van der Waals surface area contributed by atoms with Crippen LogP contribution in [0.1, 0.15) is 26.5 Å². The fourth-order valence-corrected chi connectivity index (χ4v) is 2.07. The van der Waals surface area contributed by atoms with Crippen LogP contribution in [0.3, 0.4) is 0 Å². The van der Waals surface area contributed by atoms with E-state index in [4.69, 9.17) is 5.73 Å². The number of nitrogens with zero attached hydrogens (tertiary/aromatic N) is 2. The molecule has 1 atom stereocenters. The van der Waals surface area contributed by atoms with Gasteiger partial charge < -0.3 is 10.6 Å². The lowest BCUT2D eigenvalue weighted by Gasteiger charge is -2.27. The quantitative estimate of drug-likeness (QED) is 0.832. The Morgan fingerprint density at radius 2 is 2.14 bits per heavy atom. The molecule has 4 heteroatoms. The molecule has 3 nitrogen and oxygen atoms in total. The van der Waals surface area contributed by atoms with Crippen molar-refractivity contribution in [2.45, 2.75) is 33.4 Å². The second-order valence-corrected chi connectivity index (χ2v) is 4.76. The molecule has 80 valence electrons. The van der Waals surface area contributed by atoms with E-state index in [9.17, 15) is 0 Å². The Morgan fingerprint density at radius 3 is 2.57 bits per heavy atom. The van der Waals surface area contributed by atoms with Gasteiger partial charge in [0.05, 0.1) is 5.69 Å². The fraction of sp³-hybridized carbons (Fsp3) is 0.700. The maximum atomic E-state index is 5.52. The van der Waals surface area contributed by atoms with Gasteiger partial charge in [-0.05, 0) is 12.8 Å². The first-order valence-electron chi connectivity index (χ1n) is 4.93. The summed E-state index contributed by atoms with van der Waals surface area (Å²) in [5, 5.41) is 3.09. The molecule has 1 rings (SSSR count). The van der Waals surface area contributed by atoms with E-state index in [0.29, 0.717) is 18.5 Å². The predicted molar refractivity (Wildman–Crippen MR) is 62.7 cm³/mol. The Balaban J connectivity index is 2.73. The van der Waals surface area contributed by atoms with Crippen LogP contribution in [0.15, 0.2) is 5.38 Å². The highest BCUT2D eigenvalue weighted by Gasteiger charge is 2.15. The monoisotopic (exact) mass is 213 g/mol. The second kappa shape index (κ2) is 4.75. The molecular formula is C10H19N3S. The van der Waals surface area contributed by atoms with E-state index in [-0.39, 0.29) is 0 Å². The molecule has 0 aliphatic rings. The summed E-state index contributed by atoms with van der Waals surface area (Å²) in [5.74, 6) is 0.630. The molecule has 0 radical (unpaired) electrons. The van der Waals surface area contributed by atoms with Crippen LogP contribution in [0.2, 0.25) is 0 Å². The van der Waals surface area contributed by atoms with Gasteiger partial charge in [-0.25, -0.2) is 4.98 Å². The molecule has 0 aromatic carbocycles. The summed E-state index contributed by atoms with van der Waals surface area (Å²) in [4.78, 5) is 6.67. The summed E-state index contributed by atoms with van der Waals surface area (Å²) in [6.07, 6.45) is 0. The van der Waals surface area contributed by atoms with E-state index < -0.39 is 0 Å². The van der Waals surface area contributed by atoms with Crippen molar-refractivity contribution in [3.05, 3.63) is 11.1 Å². The molecule has 0 amide bonds. The molecule has 2 N–H and O–H groups in total. The summed E-state index contributed by atoms with van der Waals surface area (Å²) in [6.45, 7) is 7.19. The number of thiazole rings is 1. The van der Waals surface area contributed by atoms with Crippen molar-refractivity contribution in [1.82, 2.24) is 4.98 Å². The summed E-state index contributed by atoms with van der Waals surface area (Å²) < 4.78 is 0. The standard InChI is InChI=1S/C10H19N3S/c1-7(2)8(3)13(4)10-12-9(5-11)6-14-10/h6-8H,5,11H2,1-4H3. The number of anilines is 1. The molecule has 0 saturated heterocycles. The van der Waals surface area contributed by atoms with Gasteiger partial charge in [-0.3, -0.25) is 0 Å². The van der Waals surface area contributed by atoms with E-state index in [1.54, 1.807) is 11.3 Å². The maximum absolute atomic E-state index is 5.52. The van der Waals surface area contributed by atoms with Crippen molar-refractivity contribution in [2.24, 2.45) is 11.7 Å². The van der Waals surface area contributed by atoms with Crippen LogP contribution >= 0.6 is 11.3 Å². The van der Waals surface area contributed by atoms with Crippen molar-refractivity contribution < 1.29 is 0 Å². The third-order valence-electron chi connectivity index (χ3n) is 2.63. The van der Waals surface area contributed by atoms with E-state index in [2.05, 4.69) is 37.7 Å². The Kier molecular flexibility index (Phi) is 3.89. The van der Waals surface area contributed by atoms with Crippen molar-refractivity contribution in [2.75, 3.05) is 11.9 Å². The number of rotatable bonds is 4. The maximum Gasteiger partial charge on any atom is 0.185 e. The number of hydrogen-bond acceptors (Lipinski definition) is 4. The van der Waals surface area contributed by atoms with Gasteiger partial charge in [0.2, 0.25) is 0 Å². The van der Waals surface area contributed by atoms with Crippen LogP contribution in [0, 0.1) is 5.92 Å². The van der Waals surface area contributed by atoms with Crippen LogP contribution in [0.4, 0.5) is 5.13 Å². The summed E-state index contributed by atoms with van der Waals surface area (Å²) in [5.41, 5.74) is 6.50. The summed E-state index contributed by atoms with van der Waals surface area (Å²) >= 11 is 1.66. The van der Waals surface area contributed by atoms with E-state index in [1.165, 1.54) is 0 Å². The zero-order chi connectivity index (χ0) is 10.7. The minimum Gasteiger partial charge on any atom is -0.348 e. The van der Waals surface area contributed by atoms with E-state index >= 15 is 0 Å². The lowest BCUT2D eigenvalue weighted by Crippen LogP contribution is -2.33. The SMILES string of the molecule is CC(C)C(C)N(C)c1nc(CN)cs1. The Bertz CT molecular complexity index is 283. The zero-order valence-corrected chi connectivity index (χ0v) is 10.1. The van der Waals surface area contributed by atoms with E-state index in [0.717, 1.165) is 10.8 Å². The topological polar surface area (TPSA) is 42.2 Å². The van der Waals surface area contributed by atoms with Gasteiger partial charge >= 0.3 is 0 Å². The number of aromatic nitrogens is 1. The van der Waals surface area contributed by atoms with Crippen molar-refractivity contribution in [1.29, 1.82) is 0 Å². The normalized spacial score (nSPS) is 13.3. The lowest BCUT2D eigenvalue weighted by molar-refractivity contribution is 0.505. The van der Waals surface area contributed by atoms with Gasteiger partial charge in [-0.15, -0.1) is 11.3 Å². The van der Waals surface area contributed by atoms with Crippen molar-refractivity contribution >= 4 is 16.5 Å². The average Bonchev–Trinajstić information content (AvgIpc) is 2.63. The zero-order valence-electron chi connectivity index (χ0n) is 9.32. The predicted octanol–water partition coefficient (Wildman–Crippen LogP) is 2.08. The fourth-order valence-electron chi connectivity index (χ4n) is 1.17. The Hall–Kier alpha value is -0.610. The molecule has 1 unspecified atom stereocenters. The highest BCUT2D eigenvalue weighted by atomic mass is 32.1. The average molecular weight is 213 g/mol. The molecule has 1 heterocycles. The molecule has 0 spiro atoms. The molecule has 0 aliphatic carbocycles. The molecule has 0 fully saturated rings. The summed E-state index contributed by atoms with van der Waals surface area (Å²) in [7, 11) is 2.09. The van der Waals surface area contributed by atoms with Gasteiger partial charge in [0.15, 0.2) is 5.13 Å². The minimum absolute atomic E-state index is 0.506. The van der Waals surface area contributed by atoms with Gasteiger partial charge in [0.1, 0.15) is 0 Å². The molecule has 1 aromatic heterocycles. The van der Waals surface area contributed by atoms with E-state index in [1.807, 2.05) is 5.38 Å². The number of nitrogens with two attached hydrogens (primary N) is 1. The second-order valence-electron chi connectivity index (χ2n) is 3.92. The van der Waals surface area contributed by atoms with Gasteiger partial charge in [-0.2, -0.15) is 0 Å². The first-order chi connectivity index (χ1) is 6.56. The first-order valence-corrected chi connectivity index (χ1v) is 5.81. The largest absolute Gasteiger partial charge is 0.348 e. The van der Waals surface area contributed by atoms with Crippen LogP contribution < -0.4 is 10.6 Å². The molecule has 0 saturated carbocycles. The number of hydrogen-bond donors (Lipinski definition) is 1. The molecular weight excluding hydrogens is 194 g/mol. The molecule has 0 aliphatic heterocycles. The smallest absolute Gasteiger partial charge is 0.185 e. The third kappa shape index (κ3) is 2.45. The molecule has 14 heavy (non-hydrogen) atoms. The molecule has 1 aromatic rings. The van der Waals surface area contributed by atoms with Gasteiger partial charge in [-0.1, -0.05) is 13.8 Å². The first kappa shape index (κ1) is 11.5. The highest BCUT2D eigenvalue weighted by Crippen LogP contribution is 2.23. The third-order valence-corrected chi connectivity index (χ3v) is 3.61. The van der Waals surface area contributed by atoms with Crippen molar-refractivity contribution in [3.63, 3.8) is 0 Å². The Morgan fingerprint density at radius 1 is 1.50 bits per heavy atom. The van der Waals surface area contributed by atoms with Crippen LogP contribution in [0.5, 0.6) is 0 Å². The minimum atomic E-state index is 0.506. The van der Waals surface area contributed by atoms with Crippen LogP contribution in [-0.2, 0) is 6.54 Å². The van der Waals surface area contributed by atoms with Gasteiger partial charge in [0.25, 0.3) is 0 Å². The van der Waals surface area contributed by atoms with Crippen molar-refractivity contribution in [3.8, 4) is 0 Å². The van der Waals surface area contributed by atoms with Crippen LogP contribution in [-0.4, -0.2) is 18.1 Å². The summed E-state index contributed by atoms with van der Waals surface area (Å²) in [6, 6.07) is 0.506. The highest BCUT2D eigenvalue weighted by molar-refractivity contribution is 7.13.